The van der Waals surface area contributed by atoms with E-state index < -0.39 is 0 Å². The summed E-state index contributed by atoms with van der Waals surface area (Å²) >= 11 is 0. The second-order valence-electron chi connectivity index (χ2n) is 5.13. The van der Waals surface area contributed by atoms with Crippen molar-refractivity contribution in [2.24, 2.45) is 0 Å². The predicted octanol–water partition coefficient (Wildman–Crippen LogP) is 3.77. The van der Waals surface area contributed by atoms with Crippen molar-refractivity contribution < 1.29 is 14.0 Å². The molecule has 2 aromatic carbocycles. The zero-order chi connectivity index (χ0) is 17.8. The molecule has 0 fully saturated rings. The van der Waals surface area contributed by atoms with E-state index >= 15 is 0 Å². The zero-order valence-electron chi connectivity index (χ0n) is 13.6. The lowest BCUT2D eigenvalue weighted by atomic mass is 10.0. The molecular formula is C19H13N3O3. The number of aromatic nitrogens is 1. The smallest absolute Gasteiger partial charge is 0.171 e. The standard InChI is InChI=1S/C19H13N3O3/c1-23-17-5-3-12(10-20)7-14(17)16-9-19(25-22-16)15-8-13(11-21)4-6-18(15)24-2/h3-9H,1-2H3. The van der Waals surface area contributed by atoms with Gasteiger partial charge in [0, 0.05) is 11.6 Å². The van der Waals surface area contributed by atoms with Crippen molar-refractivity contribution in [2.45, 2.75) is 0 Å². The van der Waals surface area contributed by atoms with Gasteiger partial charge in [0.15, 0.2) is 5.76 Å². The van der Waals surface area contributed by atoms with Crippen molar-refractivity contribution in [3.63, 3.8) is 0 Å². The minimum absolute atomic E-state index is 0.452. The average molecular weight is 331 g/mol. The normalized spacial score (nSPS) is 9.92. The minimum atomic E-state index is 0.452. The second-order valence-corrected chi connectivity index (χ2v) is 5.13. The molecule has 25 heavy (non-hydrogen) atoms. The highest BCUT2D eigenvalue weighted by molar-refractivity contribution is 5.75. The van der Waals surface area contributed by atoms with Crippen LogP contribution in [0.1, 0.15) is 11.1 Å². The third-order valence-electron chi connectivity index (χ3n) is 3.71. The van der Waals surface area contributed by atoms with Crippen LogP contribution in [0, 0.1) is 22.7 Å². The van der Waals surface area contributed by atoms with Gasteiger partial charge in [-0.1, -0.05) is 5.16 Å². The van der Waals surface area contributed by atoms with Gasteiger partial charge in [-0.2, -0.15) is 10.5 Å². The lowest BCUT2D eigenvalue weighted by Crippen LogP contribution is -1.89. The summed E-state index contributed by atoms with van der Waals surface area (Å²) in [7, 11) is 3.09. The van der Waals surface area contributed by atoms with Crippen molar-refractivity contribution in [2.75, 3.05) is 14.2 Å². The molecule has 6 heteroatoms. The maximum atomic E-state index is 9.10. The van der Waals surface area contributed by atoms with Crippen LogP contribution in [-0.4, -0.2) is 19.4 Å². The van der Waals surface area contributed by atoms with E-state index in [2.05, 4.69) is 17.3 Å². The minimum Gasteiger partial charge on any atom is -0.496 e. The molecule has 0 bridgehead atoms. The molecule has 122 valence electrons. The number of nitriles is 2. The van der Waals surface area contributed by atoms with Crippen LogP contribution in [0.25, 0.3) is 22.6 Å². The Labute approximate surface area is 144 Å². The molecule has 1 heterocycles. The molecule has 0 spiro atoms. The van der Waals surface area contributed by atoms with E-state index in [1.165, 1.54) is 0 Å². The summed E-state index contributed by atoms with van der Waals surface area (Å²) in [6, 6.07) is 16.0. The van der Waals surface area contributed by atoms with E-state index in [1.54, 1.807) is 56.7 Å². The summed E-state index contributed by atoms with van der Waals surface area (Å²) in [6.45, 7) is 0. The monoisotopic (exact) mass is 331 g/mol. The summed E-state index contributed by atoms with van der Waals surface area (Å²) in [6.07, 6.45) is 0. The SMILES string of the molecule is COc1ccc(C#N)cc1-c1cc(-c2cc(C#N)ccc2OC)on1. The van der Waals surface area contributed by atoms with Gasteiger partial charge in [-0.25, -0.2) is 0 Å². The summed E-state index contributed by atoms with van der Waals surface area (Å²) in [5.74, 6) is 1.60. The Morgan fingerprint density at radius 1 is 0.840 bits per heavy atom. The molecule has 0 saturated carbocycles. The molecule has 0 atom stereocenters. The third kappa shape index (κ3) is 3.01. The molecule has 0 aliphatic carbocycles. The number of rotatable bonds is 4. The van der Waals surface area contributed by atoms with Crippen LogP contribution in [0.15, 0.2) is 47.0 Å². The van der Waals surface area contributed by atoms with E-state index in [-0.39, 0.29) is 0 Å². The van der Waals surface area contributed by atoms with Gasteiger partial charge >= 0.3 is 0 Å². The molecule has 3 aromatic rings. The topological polar surface area (TPSA) is 92.1 Å². The number of ether oxygens (including phenoxy) is 2. The van der Waals surface area contributed by atoms with Gasteiger partial charge in [0.2, 0.25) is 0 Å². The quantitative estimate of drug-likeness (QED) is 0.722. The highest BCUT2D eigenvalue weighted by atomic mass is 16.5. The highest BCUT2D eigenvalue weighted by Crippen LogP contribution is 2.36. The second kappa shape index (κ2) is 6.77. The zero-order valence-corrected chi connectivity index (χ0v) is 13.6. The number of hydrogen-bond acceptors (Lipinski definition) is 6. The number of benzene rings is 2. The summed E-state index contributed by atoms with van der Waals surface area (Å²) in [5.41, 5.74) is 2.76. The highest BCUT2D eigenvalue weighted by Gasteiger charge is 2.16. The van der Waals surface area contributed by atoms with Crippen molar-refractivity contribution in [1.29, 1.82) is 10.5 Å². The predicted molar refractivity (Wildman–Crippen MR) is 89.9 cm³/mol. The molecule has 6 nitrogen and oxygen atoms in total. The van der Waals surface area contributed by atoms with Gasteiger partial charge in [0.1, 0.15) is 17.2 Å². The van der Waals surface area contributed by atoms with E-state index in [9.17, 15) is 0 Å². The number of hydrogen-bond donors (Lipinski definition) is 0. The molecule has 0 N–H and O–H groups in total. The summed E-state index contributed by atoms with van der Waals surface area (Å²) in [4.78, 5) is 0. The molecule has 0 radical (unpaired) electrons. The van der Waals surface area contributed by atoms with Gasteiger partial charge in [-0.15, -0.1) is 0 Å². The molecular weight excluding hydrogens is 318 g/mol. The lowest BCUT2D eigenvalue weighted by Gasteiger charge is -2.06. The van der Waals surface area contributed by atoms with E-state index in [4.69, 9.17) is 24.5 Å². The first-order valence-electron chi connectivity index (χ1n) is 7.34. The number of nitrogens with zero attached hydrogens (tertiary/aromatic N) is 3. The van der Waals surface area contributed by atoms with Crippen LogP contribution in [0.4, 0.5) is 0 Å². The fourth-order valence-corrected chi connectivity index (χ4v) is 2.48. The lowest BCUT2D eigenvalue weighted by molar-refractivity contribution is 0.405. The van der Waals surface area contributed by atoms with E-state index in [0.29, 0.717) is 45.2 Å². The van der Waals surface area contributed by atoms with Crippen LogP contribution in [-0.2, 0) is 0 Å². The van der Waals surface area contributed by atoms with Crippen LogP contribution < -0.4 is 9.47 Å². The van der Waals surface area contributed by atoms with Crippen LogP contribution in [0.5, 0.6) is 11.5 Å². The van der Waals surface area contributed by atoms with Crippen molar-refractivity contribution in [1.82, 2.24) is 5.16 Å². The maximum Gasteiger partial charge on any atom is 0.171 e. The van der Waals surface area contributed by atoms with Crippen molar-refractivity contribution in [3.05, 3.63) is 53.6 Å². The Balaban J connectivity index is 2.11. The van der Waals surface area contributed by atoms with Gasteiger partial charge in [-0.3, -0.25) is 0 Å². The first-order chi connectivity index (χ1) is 12.2. The molecule has 0 saturated heterocycles. The van der Waals surface area contributed by atoms with Gasteiger partial charge in [0.25, 0.3) is 0 Å². The van der Waals surface area contributed by atoms with Gasteiger partial charge in [0.05, 0.1) is 43.0 Å². The molecule has 0 aliphatic heterocycles. The maximum absolute atomic E-state index is 9.10. The molecule has 0 amide bonds. The molecule has 0 unspecified atom stereocenters. The third-order valence-corrected chi connectivity index (χ3v) is 3.71. The Kier molecular flexibility index (Phi) is 4.36. The van der Waals surface area contributed by atoms with Crippen LogP contribution >= 0.6 is 0 Å². The fourth-order valence-electron chi connectivity index (χ4n) is 2.48. The molecule has 3 rings (SSSR count). The first kappa shape index (κ1) is 16.1. The average Bonchev–Trinajstić information content (AvgIpc) is 3.16. The van der Waals surface area contributed by atoms with Crippen molar-refractivity contribution in [3.8, 4) is 46.2 Å². The Morgan fingerprint density at radius 2 is 1.40 bits per heavy atom. The van der Waals surface area contributed by atoms with Crippen molar-refractivity contribution >= 4 is 0 Å². The Bertz CT molecular complexity index is 929. The Morgan fingerprint density at radius 3 is 1.96 bits per heavy atom. The van der Waals surface area contributed by atoms with Gasteiger partial charge < -0.3 is 14.0 Å². The fraction of sp³-hybridized carbons (Fsp3) is 0.105. The summed E-state index contributed by atoms with van der Waals surface area (Å²) in [5, 5.41) is 22.3. The summed E-state index contributed by atoms with van der Waals surface area (Å²) < 4.78 is 16.1. The first-order valence-corrected chi connectivity index (χ1v) is 7.34. The van der Waals surface area contributed by atoms with Crippen LogP contribution in [0.2, 0.25) is 0 Å². The van der Waals surface area contributed by atoms with Crippen LogP contribution in [0.3, 0.4) is 0 Å². The van der Waals surface area contributed by atoms with E-state index in [1.807, 2.05) is 0 Å². The Hall–Kier alpha value is -3.77. The molecule has 1 aromatic heterocycles. The van der Waals surface area contributed by atoms with E-state index in [0.717, 1.165) is 0 Å². The largest absolute Gasteiger partial charge is 0.496 e. The molecule has 0 aliphatic rings. The van der Waals surface area contributed by atoms with Gasteiger partial charge in [-0.05, 0) is 36.4 Å². The number of methoxy groups -OCH3 is 2.